The van der Waals surface area contributed by atoms with Gasteiger partial charge in [-0.3, -0.25) is 4.74 Å². The predicted octanol–water partition coefficient (Wildman–Crippen LogP) is 2.99. The second-order valence-electron chi connectivity index (χ2n) is 4.59. The number of rotatable bonds is 7. The zero-order valence-electron chi connectivity index (χ0n) is 10.7. The molecular weight excluding hydrogens is 278 g/mol. The smallest absolute Gasteiger partial charge is 0.491 e. The maximum absolute atomic E-state index is 13.3. The van der Waals surface area contributed by atoms with Crippen LogP contribution in [0, 0.1) is 5.82 Å². The largest absolute Gasteiger partial charge is 0.522 e. The molecule has 0 aromatic heterocycles. The van der Waals surface area contributed by atoms with E-state index >= 15 is 0 Å². The quantitative estimate of drug-likeness (QED) is 0.619. The van der Waals surface area contributed by atoms with Crippen LogP contribution in [0.2, 0.25) is 0 Å². The molecule has 0 atom stereocenters. The average Bonchev–Trinajstić information content (AvgIpc) is 3.14. The van der Waals surface area contributed by atoms with Gasteiger partial charge in [-0.25, -0.2) is 4.39 Å². The molecular formula is C13H15F4NO2. The Labute approximate surface area is 113 Å². The van der Waals surface area contributed by atoms with E-state index in [0.717, 1.165) is 18.9 Å². The SMILES string of the molecule is Fc1cc(CNC2CC2)cc(OCCOC(F)(F)F)c1. The number of benzene rings is 1. The third kappa shape index (κ3) is 5.75. The molecule has 20 heavy (non-hydrogen) atoms. The molecule has 0 unspecified atom stereocenters. The minimum atomic E-state index is -4.68. The third-order valence-electron chi connectivity index (χ3n) is 2.72. The van der Waals surface area contributed by atoms with Crippen molar-refractivity contribution < 1.29 is 27.0 Å². The first-order chi connectivity index (χ1) is 9.42. The normalized spacial score (nSPS) is 15.4. The van der Waals surface area contributed by atoms with E-state index in [2.05, 4.69) is 10.1 Å². The summed E-state index contributed by atoms with van der Waals surface area (Å²) in [5.74, 6) is -0.282. The highest BCUT2D eigenvalue weighted by Gasteiger charge is 2.28. The number of halogens is 4. The van der Waals surface area contributed by atoms with Crippen LogP contribution in [0.3, 0.4) is 0 Å². The van der Waals surface area contributed by atoms with Gasteiger partial charge in [0, 0.05) is 18.7 Å². The van der Waals surface area contributed by atoms with E-state index in [1.807, 2.05) is 0 Å². The topological polar surface area (TPSA) is 30.5 Å². The lowest BCUT2D eigenvalue weighted by Crippen LogP contribution is -2.18. The summed E-state index contributed by atoms with van der Waals surface area (Å²) in [6, 6.07) is 4.59. The van der Waals surface area contributed by atoms with Gasteiger partial charge in [-0.05, 0) is 30.5 Å². The standard InChI is InChI=1S/C13H15F4NO2/c14-10-5-9(8-18-11-1-2-11)6-12(7-10)19-3-4-20-13(15,16)17/h5-7,11,18H,1-4,8H2. The van der Waals surface area contributed by atoms with Crippen molar-refractivity contribution >= 4 is 0 Å². The predicted molar refractivity (Wildman–Crippen MR) is 63.8 cm³/mol. The Bertz CT molecular complexity index is 446. The molecule has 1 N–H and O–H groups in total. The number of nitrogens with one attached hydrogen (secondary N) is 1. The van der Waals surface area contributed by atoms with E-state index in [1.165, 1.54) is 6.07 Å². The first-order valence-electron chi connectivity index (χ1n) is 6.29. The van der Waals surface area contributed by atoms with E-state index in [0.29, 0.717) is 18.2 Å². The molecule has 1 fully saturated rings. The van der Waals surface area contributed by atoms with Gasteiger partial charge in [0.15, 0.2) is 0 Å². The molecule has 1 aliphatic carbocycles. The Morgan fingerprint density at radius 3 is 2.55 bits per heavy atom. The number of hydrogen-bond acceptors (Lipinski definition) is 3. The lowest BCUT2D eigenvalue weighted by molar-refractivity contribution is -0.325. The fourth-order valence-corrected chi connectivity index (χ4v) is 1.67. The summed E-state index contributed by atoms with van der Waals surface area (Å²) in [4.78, 5) is 0. The third-order valence-corrected chi connectivity index (χ3v) is 2.72. The summed E-state index contributed by atoms with van der Waals surface area (Å²) in [6.07, 6.45) is -2.44. The first-order valence-corrected chi connectivity index (χ1v) is 6.29. The van der Waals surface area contributed by atoms with E-state index < -0.39 is 18.8 Å². The van der Waals surface area contributed by atoms with Crippen LogP contribution in [0.4, 0.5) is 17.6 Å². The first kappa shape index (κ1) is 15.1. The molecule has 0 heterocycles. The number of hydrogen-bond donors (Lipinski definition) is 1. The van der Waals surface area contributed by atoms with Crippen LogP contribution >= 0.6 is 0 Å². The molecule has 1 aliphatic rings. The molecule has 0 radical (unpaired) electrons. The van der Waals surface area contributed by atoms with Crippen molar-refractivity contribution in [2.75, 3.05) is 13.2 Å². The second kappa shape index (κ2) is 6.41. The van der Waals surface area contributed by atoms with Crippen LogP contribution < -0.4 is 10.1 Å². The van der Waals surface area contributed by atoms with E-state index in [1.54, 1.807) is 6.07 Å². The maximum Gasteiger partial charge on any atom is 0.522 e. The van der Waals surface area contributed by atoms with Gasteiger partial charge >= 0.3 is 6.36 Å². The van der Waals surface area contributed by atoms with Gasteiger partial charge in [-0.2, -0.15) is 0 Å². The molecule has 1 saturated carbocycles. The van der Waals surface area contributed by atoms with E-state index in [4.69, 9.17) is 4.74 Å². The van der Waals surface area contributed by atoms with Crippen LogP contribution in [-0.4, -0.2) is 25.6 Å². The Kier molecular flexibility index (Phi) is 4.82. The molecule has 3 nitrogen and oxygen atoms in total. The molecule has 1 aromatic rings. The zero-order valence-corrected chi connectivity index (χ0v) is 10.7. The minimum absolute atomic E-state index is 0.198. The van der Waals surface area contributed by atoms with Crippen molar-refractivity contribution in [3.05, 3.63) is 29.6 Å². The van der Waals surface area contributed by atoms with Gasteiger partial charge in [0.2, 0.25) is 0 Å². The van der Waals surface area contributed by atoms with Crippen molar-refractivity contribution in [1.82, 2.24) is 5.32 Å². The highest BCUT2D eigenvalue weighted by atomic mass is 19.4. The summed E-state index contributed by atoms with van der Waals surface area (Å²) in [6.45, 7) is -0.411. The van der Waals surface area contributed by atoms with Crippen LogP contribution in [0.1, 0.15) is 18.4 Å². The lowest BCUT2D eigenvalue weighted by atomic mass is 10.2. The second-order valence-corrected chi connectivity index (χ2v) is 4.59. The Morgan fingerprint density at radius 1 is 1.15 bits per heavy atom. The van der Waals surface area contributed by atoms with Gasteiger partial charge in [-0.15, -0.1) is 13.2 Å². The summed E-state index contributed by atoms with van der Waals surface area (Å²) < 4.78 is 57.2. The van der Waals surface area contributed by atoms with E-state index in [-0.39, 0.29) is 12.4 Å². The molecule has 2 rings (SSSR count). The molecule has 0 bridgehead atoms. The fraction of sp³-hybridized carbons (Fsp3) is 0.538. The molecule has 0 amide bonds. The van der Waals surface area contributed by atoms with Gasteiger partial charge in [0.25, 0.3) is 0 Å². The molecule has 0 spiro atoms. The van der Waals surface area contributed by atoms with Crippen LogP contribution in [-0.2, 0) is 11.3 Å². The van der Waals surface area contributed by atoms with Crippen LogP contribution in [0.25, 0.3) is 0 Å². The molecule has 112 valence electrons. The van der Waals surface area contributed by atoms with Crippen molar-refractivity contribution in [3.8, 4) is 5.75 Å². The molecule has 1 aromatic carbocycles. The Balaban J connectivity index is 1.80. The van der Waals surface area contributed by atoms with Crippen molar-refractivity contribution in [2.24, 2.45) is 0 Å². The van der Waals surface area contributed by atoms with Crippen molar-refractivity contribution in [1.29, 1.82) is 0 Å². The van der Waals surface area contributed by atoms with Crippen molar-refractivity contribution in [3.63, 3.8) is 0 Å². The highest BCUT2D eigenvalue weighted by molar-refractivity contribution is 5.29. The Hall–Kier alpha value is -1.34. The van der Waals surface area contributed by atoms with Crippen LogP contribution in [0.15, 0.2) is 18.2 Å². The summed E-state index contributed by atoms with van der Waals surface area (Å²) in [7, 11) is 0. The number of ether oxygens (including phenoxy) is 2. The lowest BCUT2D eigenvalue weighted by Gasteiger charge is -2.10. The van der Waals surface area contributed by atoms with Gasteiger partial charge in [-0.1, -0.05) is 0 Å². The van der Waals surface area contributed by atoms with Gasteiger partial charge in [0.1, 0.15) is 18.2 Å². The average molecular weight is 293 g/mol. The number of alkyl halides is 3. The summed E-state index contributed by atoms with van der Waals surface area (Å²) in [5, 5.41) is 3.22. The van der Waals surface area contributed by atoms with E-state index in [9.17, 15) is 17.6 Å². The minimum Gasteiger partial charge on any atom is -0.491 e. The highest BCUT2D eigenvalue weighted by Crippen LogP contribution is 2.21. The maximum atomic E-state index is 13.3. The monoisotopic (exact) mass is 293 g/mol. The van der Waals surface area contributed by atoms with Crippen LogP contribution in [0.5, 0.6) is 5.75 Å². The van der Waals surface area contributed by atoms with Gasteiger partial charge < -0.3 is 10.1 Å². The Morgan fingerprint density at radius 2 is 1.90 bits per heavy atom. The van der Waals surface area contributed by atoms with Gasteiger partial charge in [0.05, 0.1) is 6.61 Å². The summed E-state index contributed by atoms with van der Waals surface area (Å²) in [5.41, 5.74) is 0.698. The zero-order chi connectivity index (χ0) is 14.6. The molecule has 7 heteroatoms. The summed E-state index contributed by atoms with van der Waals surface area (Å²) >= 11 is 0. The molecule has 0 aliphatic heterocycles. The molecule has 0 saturated heterocycles. The fourth-order valence-electron chi connectivity index (χ4n) is 1.67. The van der Waals surface area contributed by atoms with Crippen molar-refractivity contribution in [2.45, 2.75) is 31.8 Å².